The van der Waals surface area contributed by atoms with Crippen LogP contribution in [0.25, 0.3) is 0 Å². The SMILES string of the molecule is Cc1cccc(CS(=O)(=O)N[C@@H](C)C(=O)N2CCc3ccccc32)c1. The van der Waals surface area contributed by atoms with E-state index >= 15 is 0 Å². The summed E-state index contributed by atoms with van der Waals surface area (Å²) in [5.41, 5.74) is 3.70. The van der Waals surface area contributed by atoms with E-state index in [2.05, 4.69) is 4.72 Å². The fraction of sp³-hybridized carbons (Fsp3) is 0.316. The Bertz CT molecular complexity index is 893. The molecule has 132 valence electrons. The van der Waals surface area contributed by atoms with Crippen LogP contribution in [0.1, 0.15) is 23.6 Å². The Balaban J connectivity index is 1.69. The standard InChI is InChI=1S/C19H22N2O3S/c1-14-6-5-7-16(12-14)13-25(23,24)20-15(2)19(22)21-11-10-17-8-3-4-9-18(17)21/h3-9,12,15,20H,10-11,13H2,1-2H3/t15-/m0/s1. The highest BCUT2D eigenvalue weighted by Crippen LogP contribution is 2.27. The van der Waals surface area contributed by atoms with Crippen LogP contribution in [0.3, 0.4) is 0 Å². The smallest absolute Gasteiger partial charge is 0.244 e. The number of hydrogen-bond donors (Lipinski definition) is 1. The number of fused-ring (bicyclic) bond motifs is 1. The molecule has 0 fully saturated rings. The molecule has 2 aromatic rings. The van der Waals surface area contributed by atoms with E-state index in [1.54, 1.807) is 17.9 Å². The van der Waals surface area contributed by atoms with Gasteiger partial charge in [-0.2, -0.15) is 0 Å². The van der Waals surface area contributed by atoms with E-state index in [1.165, 1.54) is 0 Å². The largest absolute Gasteiger partial charge is 0.310 e. The third-order valence-electron chi connectivity index (χ3n) is 4.32. The molecule has 0 saturated heterocycles. The molecule has 0 radical (unpaired) electrons. The average molecular weight is 358 g/mol. The van der Waals surface area contributed by atoms with E-state index in [0.717, 1.165) is 23.2 Å². The first-order valence-corrected chi connectivity index (χ1v) is 9.96. The van der Waals surface area contributed by atoms with Gasteiger partial charge in [-0.1, -0.05) is 48.0 Å². The highest BCUT2D eigenvalue weighted by molar-refractivity contribution is 7.88. The van der Waals surface area contributed by atoms with Gasteiger partial charge < -0.3 is 4.90 Å². The van der Waals surface area contributed by atoms with E-state index in [1.807, 2.05) is 49.4 Å². The lowest BCUT2D eigenvalue weighted by Crippen LogP contribution is -2.46. The molecule has 0 unspecified atom stereocenters. The lowest BCUT2D eigenvalue weighted by Gasteiger charge is -2.22. The quantitative estimate of drug-likeness (QED) is 0.892. The van der Waals surface area contributed by atoms with E-state index in [0.29, 0.717) is 12.1 Å². The zero-order chi connectivity index (χ0) is 18.0. The average Bonchev–Trinajstić information content (AvgIpc) is 2.97. The van der Waals surface area contributed by atoms with Crippen molar-refractivity contribution >= 4 is 21.6 Å². The van der Waals surface area contributed by atoms with Crippen LogP contribution in [-0.2, 0) is 27.0 Å². The van der Waals surface area contributed by atoms with Gasteiger partial charge in [0.2, 0.25) is 15.9 Å². The maximum absolute atomic E-state index is 12.7. The number of amides is 1. The second-order valence-electron chi connectivity index (χ2n) is 6.46. The summed E-state index contributed by atoms with van der Waals surface area (Å²) in [7, 11) is -3.60. The molecule has 1 heterocycles. The van der Waals surface area contributed by atoms with Gasteiger partial charge in [0, 0.05) is 12.2 Å². The van der Waals surface area contributed by atoms with Crippen molar-refractivity contribution in [3.63, 3.8) is 0 Å². The minimum Gasteiger partial charge on any atom is -0.310 e. The lowest BCUT2D eigenvalue weighted by molar-refractivity contribution is -0.119. The maximum Gasteiger partial charge on any atom is 0.244 e. The summed E-state index contributed by atoms with van der Waals surface area (Å²) in [6, 6.07) is 14.3. The second kappa shape index (κ2) is 6.98. The van der Waals surface area contributed by atoms with Crippen LogP contribution in [0, 0.1) is 6.92 Å². The van der Waals surface area contributed by atoms with Crippen molar-refractivity contribution in [2.75, 3.05) is 11.4 Å². The number of nitrogens with zero attached hydrogens (tertiary/aromatic N) is 1. The summed E-state index contributed by atoms with van der Waals surface area (Å²) in [5, 5.41) is 0. The van der Waals surface area contributed by atoms with Crippen LogP contribution in [-0.4, -0.2) is 26.9 Å². The number of benzene rings is 2. The molecule has 1 amide bonds. The fourth-order valence-electron chi connectivity index (χ4n) is 3.18. The number of carbonyl (C=O) groups excluding carboxylic acids is 1. The Morgan fingerprint density at radius 3 is 2.72 bits per heavy atom. The highest BCUT2D eigenvalue weighted by atomic mass is 32.2. The maximum atomic E-state index is 12.7. The summed E-state index contributed by atoms with van der Waals surface area (Å²) in [6.07, 6.45) is 0.796. The topological polar surface area (TPSA) is 66.5 Å². The van der Waals surface area contributed by atoms with Gasteiger partial charge in [0.15, 0.2) is 0 Å². The number of anilines is 1. The predicted octanol–water partition coefficient (Wildman–Crippen LogP) is 2.39. The first-order chi connectivity index (χ1) is 11.9. The second-order valence-corrected chi connectivity index (χ2v) is 8.21. The molecule has 1 aliphatic heterocycles. The van der Waals surface area contributed by atoms with Crippen molar-refractivity contribution in [3.05, 3.63) is 65.2 Å². The van der Waals surface area contributed by atoms with Crippen LogP contribution >= 0.6 is 0 Å². The fourth-order valence-corrected chi connectivity index (χ4v) is 4.52. The number of nitrogens with one attached hydrogen (secondary N) is 1. The molecule has 1 atom stereocenters. The third-order valence-corrected chi connectivity index (χ3v) is 5.75. The van der Waals surface area contributed by atoms with Gasteiger partial charge >= 0.3 is 0 Å². The van der Waals surface area contributed by atoms with Crippen molar-refractivity contribution in [2.24, 2.45) is 0 Å². The van der Waals surface area contributed by atoms with Gasteiger partial charge in [0.05, 0.1) is 11.8 Å². The summed E-state index contributed by atoms with van der Waals surface area (Å²) in [4.78, 5) is 14.4. The Kier molecular flexibility index (Phi) is 4.92. The molecule has 0 aromatic heterocycles. The van der Waals surface area contributed by atoms with E-state index in [9.17, 15) is 13.2 Å². The number of sulfonamides is 1. The number of hydrogen-bond acceptors (Lipinski definition) is 3. The van der Waals surface area contributed by atoms with Gasteiger partial charge in [-0.3, -0.25) is 4.79 Å². The van der Waals surface area contributed by atoms with Crippen molar-refractivity contribution in [2.45, 2.75) is 32.1 Å². The highest BCUT2D eigenvalue weighted by Gasteiger charge is 2.29. The van der Waals surface area contributed by atoms with E-state index < -0.39 is 16.1 Å². The third kappa shape index (κ3) is 4.08. The van der Waals surface area contributed by atoms with Crippen molar-refractivity contribution < 1.29 is 13.2 Å². The van der Waals surface area contributed by atoms with Crippen LogP contribution in [0.2, 0.25) is 0 Å². The monoisotopic (exact) mass is 358 g/mol. The van der Waals surface area contributed by atoms with Gasteiger partial charge in [-0.15, -0.1) is 0 Å². The Hall–Kier alpha value is -2.18. The van der Waals surface area contributed by atoms with Gasteiger partial charge in [-0.25, -0.2) is 13.1 Å². The van der Waals surface area contributed by atoms with Crippen LogP contribution in [0.4, 0.5) is 5.69 Å². The van der Waals surface area contributed by atoms with Gasteiger partial charge in [-0.05, 0) is 37.5 Å². The molecule has 1 aliphatic rings. The first-order valence-electron chi connectivity index (χ1n) is 8.30. The minimum atomic E-state index is -3.60. The van der Waals surface area contributed by atoms with Crippen molar-refractivity contribution in [1.29, 1.82) is 0 Å². The lowest BCUT2D eigenvalue weighted by atomic mass is 10.2. The summed E-state index contributed by atoms with van der Waals surface area (Å²) in [5.74, 6) is -0.360. The van der Waals surface area contributed by atoms with Gasteiger partial charge in [0.1, 0.15) is 0 Å². The Labute approximate surface area is 148 Å². The molecule has 0 spiro atoms. The molecule has 6 heteroatoms. The van der Waals surface area contributed by atoms with Gasteiger partial charge in [0.25, 0.3) is 0 Å². The van der Waals surface area contributed by atoms with Crippen molar-refractivity contribution in [1.82, 2.24) is 4.72 Å². The van der Waals surface area contributed by atoms with Crippen molar-refractivity contribution in [3.8, 4) is 0 Å². The Morgan fingerprint density at radius 2 is 1.96 bits per heavy atom. The van der Waals surface area contributed by atoms with E-state index in [4.69, 9.17) is 0 Å². The zero-order valence-corrected chi connectivity index (χ0v) is 15.2. The molecule has 5 nitrogen and oxygen atoms in total. The number of para-hydroxylation sites is 1. The molecule has 0 aliphatic carbocycles. The number of aryl methyl sites for hydroxylation is 1. The molecule has 3 rings (SSSR count). The number of rotatable bonds is 5. The minimum absolute atomic E-state index is 0.136. The molecular formula is C19H22N2O3S. The summed E-state index contributed by atoms with van der Waals surface area (Å²) >= 11 is 0. The normalized spacial score (nSPS) is 15.0. The van der Waals surface area contributed by atoms with Crippen LogP contribution in [0.15, 0.2) is 48.5 Å². The summed E-state index contributed by atoms with van der Waals surface area (Å²) < 4.78 is 27.3. The molecular weight excluding hydrogens is 336 g/mol. The first kappa shape index (κ1) is 17.6. The predicted molar refractivity (Wildman–Crippen MR) is 98.9 cm³/mol. The molecule has 2 aromatic carbocycles. The molecule has 0 saturated carbocycles. The van der Waals surface area contributed by atoms with E-state index in [-0.39, 0.29) is 11.7 Å². The summed E-state index contributed by atoms with van der Waals surface area (Å²) in [6.45, 7) is 4.10. The Morgan fingerprint density at radius 1 is 1.20 bits per heavy atom. The molecule has 1 N–H and O–H groups in total. The zero-order valence-electron chi connectivity index (χ0n) is 14.4. The number of carbonyl (C=O) groups is 1. The molecule has 25 heavy (non-hydrogen) atoms. The molecule has 0 bridgehead atoms. The van der Waals surface area contributed by atoms with Crippen LogP contribution in [0.5, 0.6) is 0 Å². The van der Waals surface area contributed by atoms with Crippen LogP contribution < -0.4 is 9.62 Å².